The maximum absolute atomic E-state index is 5.73. The van der Waals surface area contributed by atoms with Crippen LogP contribution in [0.1, 0.15) is 25.5 Å². The average Bonchev–Trinajstić information content (AvgIpc) is 2.62. The fourth-order valence-electron chi connectivity index (χ4n) is 1.42. The predicted octanol–water partition coefficient (Wildman–Crippen LogP) is 2.91. The van der Waals surface area contributed by atoms with Crippen LogP contribution in [0, 0.1) is 0 Å². The highest BCUT2D eigenvalue weighted by molar-refractivity contribution is 7.18. The first kappa shape index (κ1) is 10.1. The molecule has 15 heavy (non-hydrogen) atoms. The van der Waals surface area contributed by atoms with E-state index < -0.39 is 0 Å². The molecule has 0 unspecified atom stereocenters. The second kappa shape index (κ2) is 3.98. The summed E-state index contributed by atoms with van der Waals surface area (Å²) in [6.45, 7) is 4.22. The molecule has 0 atom stereocenters. The van der Waals surface area contributed by atoms with E-state index in [-0.39, 0.29) is 0 Å². The number of anilines is 1. The molecule has 0 radical (unpaired) electrons. The summed E-state index contributed by atoms with van der Waals surface area (Å²) in [6.07, 6.45) is 1.79. The van der Waals surface area contributed by atoms with Crippen molar-refractivity contribution in [2.45, 2.75) is 19.8 Å². The lowest BCUT2D eigenvalue weighted by Gasteiger charge is -2.03. The van der Waals surface area contributed by atoms with E-state index in [0.717, 1.165) is 16.3 Å². The number of aromatic nitrogens is 2. The highest BCUT2D eigenvalue weighted by Crippen LogP contribution is 2.34. The molecular weight excluding hydrogens is 206 g/mol. The van der Waals surface area contributed by atoms with Gasteiger partial charge >= 0.3 is 0 Å². The minimum Gasteiger partial charge on any atom is -0.375 e. The SMILES string of the molecule is CC(C)c1nc(N)sc1-c1ccccn1. The Morgan fingerprint density at radius 3 is 2.73 bits per heavy atom. The zero-order valence-electron chi connectivity index (χ0n) is 8.77. The molecule has 2 N–H and O–H groups in total. The number of rotatable bonds is 2. The van der Waals surface area contributed by atoms with Crippen molar-refractivity contribution in [2.75, 3.05) is 5.73 Å². The van der Waals surface area contributed by atoms with Crippen LogP contribution in [0.5, 0.6) is 0 Å². The molecule has 3 nitrogen and oxygen atoms in total. The fourth-order valence-corrected chi connectivity index (χ4v) is 2.39. The molecule has 0 aliphatic rings. The summed E-state index contributed by atoms with van der Waals surface area (Å²) in [5.41, 5.74) is 7.73. The summed E-state index contributed by atoms with van der Waals surface area (Å²) in [6, 6.07) is 5.87. The summed E-state index contributed by atoms with van der Waals surface area (Å²) >= 11 is 1.50. The lowest BCUT2D eigenvalue weighted by atomic mass is 10.1. The van der Waals surface area contributed by atoms with Crippen LogP contribution in [0.2, 0.25) is 0 Å². The van der Waals surface area contributed by atoms with Gasteiger partial charge in [-0.25, -0.2) is 4.98 Å². The van der Waals surface area contributed by atoms with E-state index in [9.17, 15) is 0 Å². The molecule has 0 aromatic carbocycles. The van der Waals surface area contributed by atoms with Crippen LogP contribution in [0.4, 0.5) is 5.13 Å². The number of nitrogens with two attached hydrogens (primary N) is 1. The van der Waals surface area contributed by atoms with E-state index in [2.05, 4.69) is 23.8 Å². The molecule has 2 aromatic heterocycles. The van der Waals surface area contributed by atoms with Crippen LogP contribution in [-0.2, 0) is 0 Å². The van der Waals surface area contributed by atoms with E-state index in [1.807, 2.05) is 18.2 Å². The van der Waals surface area contributed by atoms with E-state index in [0.29, 0.717) is 11.0 Å². The molecule has 2 rings (SSSR count). The largest absolute Gasteiger partial charge is 0.375 e. The highest BCUT2D eigenvalue weighted by atomic mass is 32.1. The smallest absolute Gasteiger partial charge is 0.180 e. The third-order valence-electron chi connectivity index (χ3n) is 2.11. The number of hydrogen-bond acceptors (Lipinski definition) is 4. The monoisotopic (exact) mass is 219 g/mol. The van der Waals surface area contributed by atoms with Gasteiger partial charge in [-0.05, 0) is 18.1 Å². The third-order valence-corrected chi connectivity index (χ3v) is 3.04. The Hall–Kier alpha value is -1.42. The summed E-state index contributed by atoms with van der Waals surface area (Å²) in [5.74, 6) is 0.371. The van der Waals surface area contributed by atoms with Gasteiger partial charge in [-0.1, -0.05) is 31.3 Å². The molecule has 0 amide bonds. The van der Waals surface area contributed by atoms with Crippen LogP contribution in [0.3, 0.4) is 0 Å². The number of thiazole rings is 1. The fraction of sp³-hybridized carbons (Fsp3) is 0.273. The zero-order valence-corrected chi connectivity index (χ0v) is 9.58. The van der Waals surface area contributed by atoms with Gasteiger partial charge in [0.25, 0.3) is 0 Å². The number of hydrogen-bond donors (Lipinski definition) is 1. The first-order valence-electron chi connectivity index (χ1n) is 4.86. The second-order valence-electron chi connectivity index (χ2n) is 3.64. The quantitative estimate of drug-likeness (QED) is 0.845. The standard InChI is InChI=1S/C11H13N3S/c1-7(2)9-10(15-11(12)14-9)8-5-3-4-6-13-8/h3-7H,1-2H3,(H2,12,14). The van der Waals surface area contributed by atoms with Crippen LogP contribution >= 0.6 is 11.3 Å². The maximum atomic E-state index is 5.73. The summed E-state index contributed by atoms with van der Waals surface area (Å²) in [4.78, 5) is 9.75. The van der Waals surface area contributed by atoms with Crippen LogP contribution < -0.4 is 5.73 Å². The Morgan fingerprint density at radius 1 is 1.33 bits per heavy atom. The average molecular weight is 219 g/mol. The van der Waals surface area contributed by atoms with E-state index in [1.54, 1.807) is 6.20 Å². The molecule has 0 saturated carbocycles. The van der Waals surface area contributed by atoms with Gasteiger partial charge in [0.2, 0.25) is 0 Å². The van der Waals surface area contributed by atoms with Crippen LogP contribution in [0.25, 0.3) is 10.6 Å². The van der Waals surface area contributed by atoms with Gasteiger partial charge in [-0.15, -0.1) is 0 Å². The normalized spacial score (nSPS) is 10.9. The van der Waals surface area contributed by atoms with Gasteiger partial charge in [0.1, 0.15) is 0 Å². The van der Waals surface area contributed by atoms with Crippen molar-refractivity contribution >= 4 is 16.5 Å². The molecule has 0 spiro atoms. The minimum absolute atomic E-state index is 0.371. The van der Waals surface area contributed by atoms with E-state index in [4.69, 9.17) is 5.73 Å². The zero-order chi connectivity index (χ0) is 10.8. The van der Waals surface area contributed by atoms with E-state index >= 15 is 0 Å². The molecular formula is C11H13N3S. The lowest BCUT2D eigenvalue weighted by molar-refractivity contribution is 0.836. The number of nitrogens with zero attached hydrogens (tertiary/aromatic N) is 2. The lowest BCUT2D eigenvalue weighted by Crippen LogP contribution is -1.92. The Balaban J connectivity index is 2.53. The molecule has 0 fully saturated rings. The molecule has 78 valence electrons. The summed E-state index contributed by atoms with van der Waals surface area (Å²) in [5, 5.41) is 0.611. The Bertz CT molecular complexity index is 448. The predicted molar refractivity (Wildman–Crippen MR) is 63.8 cm³/mol. The molecule has 2 heterocycles. The van der Waals surface area contributed by atoms with Crippen LogP contribution in [0.15, 0.2) is 24.4 Å². The van der Waals surface area contributed by atoms with Crippen molar-refractivity contribution in [3.8, 4) is 10.6 Å². The number of pyridine rings is 1. The highest BCUT2D eigenvalue weighted by Gasteiger charge is 2.14. The van der Waals surface area contributed by atoms with Crippen molar-refractivity contribution in [1.82, 2.24) is 9.97 Å². The van der Waals surface area contributed by atoms with Crippen molar-refractivity contribution < 1.29 is 0 Å². The Morgan fingerprint density at radius 2 is 2.13 bits per heavy atom. The first-order valence-corrected chi connectivity index (χ1v) is 5.67. The molecule has 0 aliphatic heterocycles. The van der Waals surface area contributed by atoms with Gasteiger partial charge in [-0.3, -0.25) is 4.98 Å². The molecule has 0 aliphatic carbocycles. The molecule has 4 heteroatoms. The topological polar surface area (TPSA) is 51.8 Å². The summed E-state index contributed by atoms with van der Waals surface area (Å²) < 4.78 is 0. The minimum atomic E-state index is 0.371. The van der Waals surface area contributed by atoms with Crippen molar-refractivity contribution in [2.24, 2.45) is 0 Å². The molecule has 2 aromatic rings. The maximum Gasteiger partial charge on any atom is 0.180 e. The van der Waals surface area contributed by atoms with Crippen molar-refractivity contribution in [1.29, 1.82) is 0 Å². The van der Waals surface area contributed by atoms with Gasteiger partial charge in [0, 0.05) is 6.20 Å². The van der Waals surface area contributed by atoms with Crippen LogP contribution in [-0.4, -0.2) is 9.97 Å². The van der Waals surface area contributed by atoms with Gasteiger partial charge in [-0.2, -0.15) is 0 Å². The van der Waals surface area contributed by atoms with Gasteiger partial charge in [0.15, 0.2) is 5.13 Å². The van der Waals surface area contributed by atoms with E-state index in [1.165, 1.54) is 11.3 Å². The third kappa shape index (κ3) is 1.99. The Kier molecular flexibility index (Phi) is 2.68. The first-order chi connectivity index (χ1) is 7.18. The Labute approximate surface area is 93.0 Å². The summed E-state index contributed by atoms with van der Waals surface area (Å²) in [7, 11) is 0. The van der Waals surface area contributed by atoms with Gasteiger partial charge < -0.3 is 5.73 Å². The second-order valence-corrected chi connectivity index (χ2v) is 4.67. The molecule has 0 bridgehead atoms. The number of nitrogen functional groups attached to an aromatic ring is 1. The van der Waals surface area contributed by atoms with Crippen molar-refractivity contribution in [3.63, 3.8) is 0 Å². The van der Waals surface area contributed by atoms with Gasteiger partial charge in [0.05, 0.1) is 16.3 Å². The van der Waals surface area contributed by atoms with Crippen molar-refractivity contribution in [3.05, 3.63) is 30.1 Å². The molecule has 0 saturated heterocycles.